The summed E-state index contributed by atoms with van der Waals surface area (Å²) >= 11 is 5.89. The number of hydrogen-bond acceptors (Lipinski definition) is 1. The van der Waals surface area contributed by atoms with Crippen molar-refractivity contribution in [3.8, 4) is 11.8 Å². The first kappa shape index (κ1) is 15.9. The number of aryl methyl sites for hydroxylation is 1. The van der Waals surface area contributed by atoms with Gasteiger partial charge in [-0.3, -0.25) is 4.79 Å². The summed E-state index contributed by atoms with van der Waals surface area (Å²) in [6.07, 6.45) is 3.23. The van der Waals surface area contributed by atoms with Crippen molar-refractivity contribution in [3.63, 3.8) is 0 Å². The van der Waals surface area contributed by atoms with Crippen molar-refractivity contribution in [1.29, 1.82) is 0 Å². The molecule has 0 atom stereocenters. The molecule has 3 aromatic rings. The predicted octanol–water partition coefficient (Wildman–Crippen LogP) is 4.36. The molecule has 0 fully saturated rings. The van der Waals surface area contributed by atoms with Crippen LogP contribution >= 0.6 is 11.6 Å². The molecule has 0 aliphatic rings. The Morgan fingerprint density at radius 2 is 1.96 bits per heavy atom. The van der Waals surface area contributed by atoms with Crippen LogP contribution in [0.1, 0.15) is 11.1 Å². The molecule has 0 aliphatic carbocycles. The predicted molar refractivity (Wildman–Crippen MR) is 99.2 cm³/mol. The zero-order valence-corrected chi connectivity index (χ0v) is 13.9. The van der Waals surface area contributed by atoms with Crippen LogP contribution in [0.4, 0.5) is 5.69 Å². The second-order valence-electron chi connectivity index (χ2n) is 5.34. The van der Waals surface area contributed by atoms with E-state index in [2.05, 4.69) is 23.7 Å². The van der Waals surface area contributed by atoms with Crippen LogP contribution in [0.3, 0.4) is 0 Å². The van der Waals surface area contributed by atoms with Gasteiger partial charge >= 0.3 is 0 Å². The summed E-state index contributed by atoms with van der Waals surface area (Å²) in [5.74, 6) is 6.09. The number of hydrogen-bond donors (Lipinski definition) is 1. The number of carbonyl (C=O) groups excluding carboxylic acids is 1. The second-order valence-corrected chi connectivity index (χ2v) is 5.77. The first-order valence-corrected chi connectivity index (χ1v) is 7.75. The Morgan fingerprint density at radius 3 is 2.67 bits per heavy atom. The first-order valence-electron chi connectivity index (χ1n) is 7.37. The van der Waals surface area contributed by atoms with Crippen molar-refractivity contribution < 1.29 is 4.79 Å². The standard InChI is InChI=1S/C20H15ClN2O/c1-3-20(24)22-17-10-11-19-18(12-17)15(13-23(19)2)7-4-14-5-8-16(21)9-6-14/h3,5-6,8-13H,1H2,2H3,(H,22,24). The third kappa shape index (κ3) is 3.34. The van der Waals surface area contributed by atoms with Crippen LogP contribution in [-0.4, -0.2) is 10.5 Å². The fourth-order valence-corrected chi connectivity index (χ4v) is 2.56. The molecule has 0 saturated heterocycles. The zero-order chi connectivity index (χ0) is 17.1. The van der Waals surface area contributed by atoms with Gasteiger partial charge in [0.2, 0.25) is 5.91 Å². The summed E-state index contributed by atoms with van der Waals surface area (Å²) in [7, 11) is 1.97. The Morgan fingerprint density at radius 1 is 1.21 bits per heavy atom. The number of benzene rings is 2. The minimum absolute atomic E-state index is 0.237. The molecule has 24 heavy (non-hydrogen) atoms. The summed E-state index contributed by atoms with van der Waals surface area (Å²) in [6, 6.07) is 13.1. The van der Waals surface area contributed by atoms with E-state index < -0.39 is 0 Å². The normalized spacial score (nSPS) is 10.1. The molecule has 0 spiro atoms. The molecule has 1 N–H and O–H groups in total. The Hall–Kier alpha value is -2.96. The van der Waals surface area contributed by atoms with Gasteiger partial charge in [-0.1, -0.05) is 30.0 Å². The minimum Gasteiger partial charge on any atom is -0.349 e. The third-order valence-electron chi connectivity index (χ3n) is 3.63. The molecule has 0 radical (unpaired) electrons. The largest absolute Gasteiger partial charge is 0.349 e. The molecule has 4 heteroatoms. The molecule has 1 aromatic heterocycles. The van der Waals surface area contributed by atoms with Crippen LogP contribution in [-0.2, 0) is 11.8 Å². The fraction of sp³-hybridized carbons (Fsp3) is 0.0500. The van der Waals surface area contributed by atoms with Crippen molar-refractivity contribution in [2.45, 2.75) is 0 Å². The Balaban J connectivity index is 2.01. The number of aromatic nitrogens is 1. The van der Waals surface area contributed by atoms with Gasteiger partial charge in [0.25, 0.3) is 0 Å². The van der Waals surface area contributed by atoms with Crippen LogP contribution in [0, 0.1) is 11.8 Å². The van der Waals surface area contributed by atoms with E-state index in [1.54, 1.807) is 0 Å². The highest BCUT2D eigenvalue weighted by molar-refractivity contribution is 6.30. The molecule has 0 aliphatic heterocycles. The van der Waals surface area contributed by atoms with Crippen LogP contribution in [0.25, 0.3) is 10.9 Å². The summed E-state index contributed by atoms with van der Waals surface area (Å²) < 4.78 is 2.01. The van der Waals surface area contributed by atoms with Gasteiger partial charge in [-0.2, -0.15) is 0 Å². The highest BCUT2D eigenvalue weighted by Gasteiger charge is 2.06. The number of carbonyl (C=O) groups is 1. The third-order valence-corrected chi connectivity index (χ3v) is 3.88. The van der Waals surface area contributed by atoms with E-state index in [1.165, 1.54) is 6.08 Å². The van der Waals surface area contributed by atoms with Crippen LogP contribution in [0.2, 0.25) is 5.02 Å². The van der Waals surface area contributed by atoms with Crippen molar-refractivity contribution in [3.05, 3.63) is 77.5 Å². The number of amides is 1. The van der Waals surface area contributed by atoms with E-state index in [0.29, 0.717) is 10.7 Å². The van der Waals surface area contributed by atoms with E-state index >= 15 is 0 Å². The maximum Gasteiger partial charge on any atom is 0.247 e. The molecule has 1 heterocycles. The SMILES string of the molecule is C=CC(=O)Nc1ccc2c(c1)c(C#Cc1ccc(Cl)cc1)cn2C. The number of anilines is 1. The molecule has 3 rings (SSSR count). The molecule has 0 bridgehead atoms. The summed E-state index contributed by atoms with van der Waals surface area (Å²) in [6.45, 7) is 3.46. The van der Waals surface area contributed by atoms with Gasteiger partial charge in [0.15, 0.2) is 0 Å². The number of fused-ring (bicyclic) bond motifs is 1. The van der Waals surface area contributed by atoms with Crippen LogP contribution in [0.15, 0.2) is 61.3 Å². The van der Waals surface area contributed by atoms with Gasteiger partial charge < -0.3 is 9.88 Å². The number of halogens is 1. The summed E-state index contributed by atoms with van der Waals surface area (Å²) in [5, 5.41) is 4.45. The molecule has 3 nitrogen and oxygen atoms in total. The van der Waals surface area contributed by atoms with Crippen LogP contribution in [0.5, 0.6) is 0 Å². The first-order chi connectivity index (χ1) is 11.6. The monoisotopic (exact) mass is 334 g/mol. The van der Waals surface area contributed by atoms with E-state index in [9.17, 15) is 4.79 Å². The lowest BCUT2D eigenvalue weighted by Crippen LogP contribution is -2.06. The zero-order valence-electron chi connectivity index (χ0n) is 13.1. The van der Waals surface area contributed by atoms with Crippen molar-refractivity contribution in [2.24, 2.45) is 7.05 Å². The van der Waals surface area contributed by atoms with E-state index in [0.717, 1.165) is 22.0 Å². The highest BCUT2D eigenvalue weighted by Crippen LogP contribution is 2.24. The number of nitrogens with zero attached hydrogens (tertiary/aromatic N) is 1. The lowest BCUT2D eigenvalue weighted by atomic mass is 10.1. The molecular weight excluding hydrogens is 320 g/mol. The Labute approximate surface area is 145 Å². The van der Waals surface area contributed by atoms with E-state index in [4.69, 9.17) is 11.6 Å². The van der Waals surface area contributed by atoms with Crippen molar-refractivity contribution in [1.82, 2.24) is 4.57 Å². The molecule has 0 saturated carbocycles. The van der Waals surface area contributed by atoms with E-state index in [1.807, 2.05) is 60.3 Å². The minimum atomic E-state index is -0.237. The average molecular weight is 335 g/mol. The van der Waals surface area contributed by atoms with E-state index in [-0.39, 0.29) is 5.91 Å². The number of nitrogens with one attached hydrogen (secondary N) is 1. The van der Waals surface area contributed by atoms with Gasteiger partial charge in [0.1, 0.15) is 0 Å². The molecule has 118 valence electrons. The Bertz CT molecular complexity index is 988. The van der Waals surface area contributed by atoms with Gasteiger partial charge in [0, 0.05) is 40.4 Å². The lowest BCUT2D eigenvalue weighted by Gasteiger charge is -2.03. The second kappa shape index (κ2) is 6.66. The van der Waals surface area contributed by atoms with Crippen molar-refractivity contribution in [2.75, 3.05) is 5.32 Å². The smallest absolute Gasteiger partial charge is 0.247 e. The van der Waals surface area contributed by atoms with Crippen LogP contribution < -0.4 is 5.32 Å². The topological polar surface area (TPSA) is 34.0 Å². The van der Waals surface area contributed by atoms with Gasteiger partial charge in [0.05, 0.1) is 5.56 Å². The van der Waals surface area contributed by atoms with Gasteiger partial charge in [-0.05, 0) is 48.5 Å². The lowest BCUT2D eigenvalue weighted by molar-refractivity contribution is -0.111. The molecule has 1 amide bonds. The molecule has 2 aromatic carbocycles. The highest BCUT2D eigenvalue weighted by atomic mass is 35.5. The van der Waals surface area contributed by atoms with Crippen molar-refractivity contribution >= 4 is 34.1 Å². The maximum absolute atomic E-state index is 11.5. The average Bonchev–Trinajstić information content (AvgIpc) is 2.90. The molecular formula is C20H15ClN2O. The van der Waals surface area contributed by atoms with Gasteiger partial charge in [-0.15, -0.1) is 0 Å². The fourth-order valence-electron chi connectivity index (χ4n) is 2.44. The maximum atomic E-state index is 11.5. The number of rotatable bonds is 2. The quantitative estimate of drug-likeness (QED) is 0.548. The summed E-state index contributed by atoms with van der Waals surface area (Å²) in [4.78, 5) is 11.5. The summed E-state index contributed by atoms with van der Waals surface area (Å²) in [5.41, 5.74) is 3.56. The molecule has 0 unspecified atom stereocenters. The Kier molecular flexibility index (Phi) is 4.41. The van der Waals surface area contributed by atoms with Gasteiger partial charge in [-0.25, -0.2) is 0 Å².